The summed E-state index contributed by atoms with van der Waals surface area (Å²) in [5, 5.41) is 0. The second-order valence-corrected chi connectivity index (χ2v) is 8.43. The van der Waals surface area contributed by atoms with Gasteiger partial charge in [0.25, 0.3) is 0 Å². The third kappa shape index (κ3) is 5.74. The molecular formula is C25H29F3N4O. The zero-order valence-electron chi connectivity index (χ0n) is 19.7. The lowest BCUT2D eigenvalue weighted by Gasteiger charge is -2.25. The van der Waals surface area contributed by atoms with E-state index in [1.165, 1.54) is 10.5 Å². The van der Waals surface area contributed by atoms with E-state index in [-0.39, 0.29) is 17.9 Å². The van der Waals surface area contributed by atoms with Crippen molar-refractivity contribution in [2.45, 2.75) is 45.9 Å². The molecule has 1 heterocycles. The van der Waals surface area contributed by atoms with Crippen LogP contribution in [-0.4, -0.2) is 30.2 Å². The molecule has 2 aromatic carbocycles. The number of rotatable bonds is 7. The molecule has 1 aromatic heterocycles. The maximum Gasteiger partial charge on any atom is 0.421 e. The van der Waals surface area contributed by atoms with Gasteiger partial charge in [-0.1, -0.05) is 26.0 Å². The van der Waals surface area contributed by atoms with Crippen LogP contribution in [0.5, 0.6) is 5.75 Å². The zero-order chi connectivity index (χ0) is 24.3. The Morgan fingerprint density at radius 2 is 1.36 bits per heavy atom. The Balaban J connectivity index is 1.97. The average molecular weight is 459 g/mol. The Morgan fingerprint density at radius 1 is 0.818 bits per heavy atom. The number of hydrogen-bond acceptors (Lipinski definition) is 5. The van der Waals surface area contributed by atoms with Crippen LogP contribution < -0.4 is 14.5 Å². The summed E-state index contributed by atoms with van der Waals surface area (Å²) in [7, 11) is 3.28. The lowest BCUT2D eigenvalue weighted by atomic mass is 10.0. The molecule has 0 spiro atoms. The summed E-state index contributed by atoms with van der Waals surface area (Å²) in [6, 6.07) is 14.7. The molecule has 33 heavy (non-hydrogen) atoms. The van der Waals surface area contributed by atoms with Gasteiger partial charge in [-0.2, -0.15) is 18.2 Å². The first-order valence-corrected chi connectivity index (χ1v) is 10.8. The topological polar surface area (TPSA) is 41.5 Å². The van der Waals surface area contributed by atoms with Gasteiger partial charge in [0.15, 0.2) is 5.82 Å². The van der Waals surface area contributed by atoms with Gasteiger partial charge in [0.1, 0.15) is 11.3 Å². The van der Waals surface area contributed by atoms with Crippen LogP contribution in [0.15, 0.2) is 54.7 Å². The fourth-order valence-electron chi connectivity index (χ4n) is 3.32. The van der Waals surface area contributed by atoms with Crippen LogP contribution in [0.1, 0.15) is 44.7 Å². The largest absolute Gasteiger partial charge is 0.491 e. The second kappa shape index (κ2) is 9.68. The van der Waals surface area contributed by atoms with Gasteiger partial charge in [0.2, 0.25) is 5.95 Å². The first-order valence-electron chi connectivity index (χ1n) is 10.8. The van der Waals surface area contributed by atoms with E-state index >= 15 is 0 Å². The normalized spacial score (nSPS) is 11.7. The molecule has 3 aromatic rings. The number of ether oxygens (including phenoxy) is 1. The molecule has 5 nitrogen and oxygen atoms in total. The van der Waals surface area contributed by atoms with Gasteiger partial charge in [-0.3, -0.25) is 0 Å². The van der Waals surface area contributed by atoms with Crippen LogP contribution in [0.2, 0.25) is 0 Å². The van der Waals surface area contributed by atoms with E-state index in [1.54, 1.807) is 43.3 Å². The number of anilines is 4. The number of benzene rings is 2. The molecule has 0 N–H and O–H groups in total. The SMILES string of the molecule is CC(C)Oc1ccc(N(C)c2nc(N(C)c3ccc(C(C)C)cc3)ncc2C(F)(F)F)cc1. The Labute approximate surface area is 192 Å². The third-order valence-electron chi connectivity index (χ3n) is 5.22. The van der Waals surface area contributed by atoms with Crippen molar-refractivity contribution in [1.82, 2.24) is 9.97 Å². The molecule has 0 bridgehead atoms. The molecule has 176 valence electrons. The molecule has 3 rings (SSSR count). The van der Waals surface area contributed by atoms with Crippen molar-refractivity contribution in [3.63, 3.8) is 0 Å². The van der Waals surface area contributed by atoms with Crippen LogP contribution in [0.25, 0.3) is 0 Å². The Bertz CT molecular complexity index is 1060. The lowest BCUT2D eigenvalue weighted by Crippen LogP contribution is -2.21. The van der Waals surface area contributed by atoms with Crippen molar-refractivity contribution >= 4 is 23.1 Å². The smallest absolute Gasteiger partial charge is 0.421 e. The van der Waals surface area contributed by atoms with Gasteiger partial charge in [-0.05, 0) is 61.7 Å². The van der Waals surface area contributed by atoms with E-state index in [1.807, 2.05) is 38.1 Å². The van der Waals surface area contributed by atoms with Crippen molar-refractivity contribution in [2.75, 3.05) is 23.9 Å². The van der Waals surface area contributed by atoms with E-state index in [4.69, 9.17) is 4.74 Å². The highest BCUT2D eigenvalue weighted by molar-refractivity contribution is 5.66. The van der Waals surface area contributed by atoms with Gasteiger partial charge < -0.3 is 14.5 Å². The minimum Gasteiger partial charge on any atom is -0.491 e. The maximum atomic E-state index is 13.8. The van der Waals surface area contributed by atoms with Gasteiger partial charge in [0, 0.05) is 31.7 Å². The van der Waals surface area contributed by atoms with E-state index in [0.717, 1.165) is 11.9 Å². The second-order valence-electron chi connectivity index (χ2n) is 8.43. The number of halogens is 3. The highest BCUT2D eigenvalue weighted by Gasteiger charge is 2.37. The summed E-state index contributed by atoms with van der Waals surface area (Å²) in [6.07, 6.45) is -3.76. The average Bonchev–Trinajstić information content (AvgIpc) is 2.77. The molecule has 0 aliphatic rings. The van der Waals surface area contributed by atoms with Crippen molar-refractivity contribution in [1.29, 1.82) is 0 Å². The van der Waals surface area contributed by atoms with Crippen LogP contribution in [-0.2, 0) is 6.18 Å². The molecule has 0 aliphatic heterocycles. The molecule has 0 amide bonds. The highest BCUT2D eigenvalue weighted by atomic mass is 19.4. The highest BCUT2D eigenvalue weighted by Crippen LogP contribution is 2.38. The first kappa shape index (κ1) is 24.4. The van der Waals surface area contributed by atoms with Gasteiger partial charge >= 0.3 is 6.18 Å². The predicted octanol–water partition coefficient (Wildman–Crippen LogP) is 6.94. The fraction of sp³-hybridized carbons (Fsp3) is 0.360. The molecule has 0 radical (unpaired) electrons. The molecule has 0 saturated heterocycles. The molecule has 0 saturated carbocycles. The minimum absolute atomic E-state index is 0.0000229. The number of nitrogens with zero attached hydrogens (tertiary/aromatic N) is 4. The van der Waals surface area contributed by atoms with Gasteiger partial charge in [-0.15, -0.1) is 0 Å². The van der Waals surface area contributed by atoms with Crippen molar-refractivity contribution in [3.8, 4) is 5.75 Å². The molecule has 0 fully saturated rings. The summed E-state index contributed by atoms with van der Waals surface area (Å²) >= 11 is 0. The first-order chi connectivity index (χ1) is 15.5. The molecule has 8 heteroatoms. The lowest BCUT2D eigenvalue weighted by molar-refractivity contribution is -0.137. The quantitative estimate of drug-likeness (QED) is 0.384. The Kier molecular flexibility index (Phi) is 7.15. The van der Waals surface area contributed by atoms with Gasteiger partial charge in [-0.25, -0.2) is 4.98 Å². The van der Waals surface area contributed by atoms with Crippen LogP contribution in [0.3, 0.4) is 0 Å². The van der Waals surface area contributed by atoms with E-state index < -0.39 is 11.7 Å². The maximum absolute atomic E-state index is 13.8. The van der Waals surface area contributed by atoms with Crippen LogP contribution in [0.4, 0.5) is 36.3 Å². The number of hydrogen-bond donors (Lipinski definition) is 0. The predicted molar refractivity (Wildman–Crippen MR) is 126 cm³/mol. The molecule has 0 atom stereocenters. The van der Waals surface area contributed by atoms with Crippen molar-refractivity contribution in [2.24, 2.45) is 0 Å². The van der Waals surface area contributed by atoms with E-state index in [2.05, 4.69) is 23.8 Å². The number of aromatic nitrogens is 2. The fourth-order valence-corrected chi connectivity index (χ4v) is 3.32. The molecule has 0 unspecified atom stereocenters. The van der Waals surface area contributed by atoms with Crippen LogP contribution >= 0.6 is 0 Å². The summed E-state index contributed by atoms with van der Waals surface area (Å²) in [5.74, 6) is 0.966. The summed E-state index contributed by atoms with van der Waals surface area (Å²) in [4.78, 5) is 11.4. The minimum atomic E-state index is -4.60. The van der Waals surface area contributed by atoms with Crippen molar-refractivity contribution in [3.05, 3.63) is 65.9 Å². The molecule has 0 aliphatic carbocycles. The van der Waals surface area contributed by atoms with E-state index in [0.29, 0.717) is 17.4 Å². The van der Waals surface area contributed by atoms with E-state index in [9.17, 15) is 13.2 Å². The third-order valence-corrected chi connectivity index (χ3v) is 5.22. The summed E-state index contributed by atoms with van der Waals surface area (Å²) in [5.41, 5.74) is 1.60. The monoisotopic (exact) mass is 458 g/mol. The Hall–Kier alpha value is -3.29. The number of alkyl halides is 3. The Morgan fingerprint density at radius 3 is 1.88 bits per heavy atom. The zero-order valence-corrected chi connectivity index (χ0v) is 19.7. The van der Waals surface area contributed by atoms with Crippen LogP contribution in [0, 0.1) is 0 Å². The standard InChI is InChI=1S/C25H29F3N4O/c1-16(2)18-7-9-20(10-8-18)32(6)24-29-15-22(25(26,27)28)23(30-24)31(5)19-11-13-21(14-12-19)33-17(3)4/h7-17H,1-6H3. The summed E-state index contributed by atoms with van der Waals surface area (Å²) < 4.78 is 46.9. The summed E-state index contributed by atoms with van der Waals surface area (Å²) in [6.45, 7) is 8.01. The van der Waals surface area contributed by atoms with Crippen molar-refractivity contribution < 1.29 is 17.9 Å². The van der Waals surface area contributed by atoms with Gasteiger partial charge in [0.05, 0.1) is 6.10 Å². The molecular weight excluding hydrogens is 429 g/mol.